The van der Waals surface area contributed by atoms with Gasteiger partial charge in [0.25, 0.3) is 0 Å². The number of nitrogens with zero attached hydrogens (tertiary/aromatic N) is 4. The normalized spacial score (nSPS) is 22.9. The SMILES string of the molecule is CC(C)n1cnnc1CN1CCC[C@@](C)(Cc2ccc3c(c2)OCO3)C1. The van der Waals surface area contributed by atoms with Crippen LogP contribution in [0.5, 0.6) is 11.5 Å². The van der Waals surface area contributed by atoms with Gasteiger partial charge in [-0.25, -0.2) is 0 Å². The quantitative estimate of drug-likeness (QED) is 0.821. The van der Waals surface area contributed by atoms with E-state index in [-0.39, 0.29) is 5.41 Å². The lowest BCUT2D eigenvalue weighted by Crippen LogP contribution is -2.42. The van der Waals surface area contributed by atoms with Crippen LogP contribution in [0.3, 0.4) is 0 Å². The van der Waals surface area contributed by atoms with Gasteiger partial charge in [0, 0.05) is 12.6 Å². The fourth-order valence-corrected chi connectivity index (χ4v) is 4.26. The predicted molar refractivity (Wildman–Crippen MR) is 99.3 cm³/mol. The first kappa shape index (κ1) is 17.3. The molecular weight excluding hydrogens is 328 g/mol. The van der Waals surface area contributed by atoms with Crippen LogP contribution in [-0.4, -0.2) is 39.5 Å². The van der Waals surface area contributed by atoms with E-state index in [2.05, 4.69) is 52.6 Å². The largest absolute Gasteiger partial charge is 0.454 e. The Morgan fingerprint density at radius 1 is 1.23 bits per heavy atom. The number of fused-ring (bicyclic) bond motifs is 1. The third-order valence-electron chi connectivity index (χ3n) is 5.50. The zero-order valence-electron chi connectivity index (χ0n) is 15.9. The monoisotopic (exact) mass is 356 g/mol. The number of hydrogen-bond acceptors (Lipinski definition) is 5. The molecule has 1 atom stereocenters. The minimum absolute atomic E-state index is 0.259. The summed E-state index contributed by atoms with van der Waals surface area (Å²) in [5, 5.41) is 8.45. The molecule has 1 aromatic carbocycles. The van der Waals surface area contributed by atoms with Gasteiger partial charge in [-0.1, -0.05) is 13.0 Å². The zero-order valence-corrected chi connectivity index (χ0v) is 15.9. The standard InChI is InChI=1S/C20H28N4O2/c1-15(2)24-13-21-22-19(24)11-23-8-4-7-20(3,12-23)10-16-5-6-17-18(9-16)26-14-25-17/h5-6,9,13,15H,4,7-8,10-12,14H2,1-3H3/t20-/m0/s1. The second kappa shape index (κ2) is 6.91. The Hall–Kier alpha value is -2.08. The Bertz CT molecular complexity index is 773. The maximum Gasteiger partial charge on any atom is 0.231 e. The molecule has 2 aliphatic rings. The molecule has 4 rings (SSSR count). The van der Waals surface area contributed by atoms with E-state index in [1.807, 2.05) is 12.4 Å². The molecule has 0 aliphatic carbocycles. The summed E-state index contributed by atoms with van der Waals surface area (Å²) in [4.78, 5) is 2.53. The summed E-state index contributed by atoms with van der Waals surface area (Å²) in [6.45, 7) is 10.2. The Balaban J connectivity index is 1.44. The summed E-state index contributed by atoms with van der Waals surface area (Å²) in [6.07, 6.45) is 5.36. The van der Waals surface area contributed by atoms with Crippen molar-refractivity contribution in [2.24, 2.45) is 5.41 Å². The van der Waals surface area contributed by atoms with Crippen molar-refractivity contribution in [2.45, 2.75) is 52.6 Å². The van der Waals surface area contributed by atoms with Crippen molar-refractivity contribution in [3.63, 3.8) is 0 Å². The third kappa shape index (κ3) is 3.56. The molecule has 1 fully saturated rings. The van der Waals surface area contributed by atoms with Crippen molar-refractivity contribution in [1.82, 2.24) is 19.7 Å². The van der Waals surface area contributed by atoms with Crippen LogP contribution in [0.15, 0.2) is 24.5 Å². The average molecular weight is 356 g/mol. The van der Waals surface area contributed by atoms with E-state index in [9.17, 15) is 0 Å². The van der Waals surface area contributed by atoms with E-state index < -0.39 is 0 Å². The van der Waals surface area contributed by atoms with Crippen LogP contribution in [0, 0.1) is 5.41 Å². The highest BCUT2D eigenvalue weighted by molar-refractivity contribution is 5.44. The van der Waals surface area contributed by atoms with Crippen LogP contribution in [0.25, 0.3) is 0 Å². The molecule has 0 bridgehead atoms. The molecule has 140 valence electrons. The molecule has 6 heteroatoms. The Kier molecular flexibility index (Phi) is 4.61. The molecule has 1 aromatic heterocycles. The maximum atomic E-state index is 5.54. The Morgan fingerprint density at radius 2 is 2.08 bits per heavy atom. The van der Waals surface area contributed by atoms with Crippen molar-refractivity contribution in [3.8, 4) is 11.5 Å². The van der Waals surface area contributed by atoms with Gasteiger partial charge in [-0.05, 0) is 62.8 Å². The average Bonchev–Trinajstić information content (AvgIpc) is 3.23. The highest BCUT2D eigenvalue weighted by atomic mass is 16.7. The van der Waals surface area contributed by atoms with Crippen LogP contribution in [0.2, 0.25) is 0 Å². The van der Waals surface area contributed by atoms with E-state index in [0.29, 0.717) is 12.8 Å². The molecule has 0 radical (unpaired) electrons. The summed E-state index contributed by atoms with van der Waals surface area (Å²) < 4.78 is 13.1. The van der Waals surface area contributed by atoms with E-state index in [1.54, 1.807) is 0 Å². The molecule has 26 heavy (non-hydrogen) atoms. The van der Waals surface area contributed by atoms with Crippen LogP contribution in [-0.2, 0) is 13.0 Å². The summed E-state index contributed by atoms with van der Waals surface area (Å²) in [5.41, 5.74) is 1.58. The fraction of sp³-hybridized carbons (Fsp3) is 0.600. The molecule has 1 saturated heterocycles. The van der Waals surface area contributed by atoms with E-state index in [4.69, 9.17) is 9.47 Å². The number of hydrogen-bond donors (Lipinski definition) is 0. The van der Waals surface area contributed by atoms with E-state index in [0.717, 1.165) is 43.4 Å². The number of benzene rings is 1. The lowest BCUT2D eigenvalue weighted by atomic mass is 9.77. The van der Waals surface area contributed by atoms with Crippen molar-refractivity contribution < 1.29 is 9.47 Å². The Labute approximate surface area is 155 Å². The summed E-state index contributed by atoms with van der Waals surface area (Å²) in [5.74, 6) is 2.80. The van der Waals surface area contributed by atoms with Crippen molar-refractivity contribution >= 4 is 0 Å². The van der Waals surface area contributed by atoms with Crippen LogP contribution >= 0.6 is 0 Å². The molecule has 3 heterocycles. The van der Waals surface area contributed by atoms with Crippen LogP contribution in [0.1, 0.15) is 51.0 Å². The molecule has 2 aliphatic heterocycles. The number of rotatable bonds is 5. The minimum Gasteiger partial charge on any atom is -0.454 e. The minimum atomic E-state index is 0.259. The lowest BCUT2D eigenvalue weighted by Gasteiger charge is -2.40. The van der Waals surface area contributed by atoms with Gasteiger partial charge in [-0.15, -0.1) is 10.2 Å². The van der Waals surface area contributed by atoms with Gasteiger partial charge in [0.2, 0.25) is 6.79 Å². The maximum absolute atomic E-state index is 5.54. The highest BCUT2D eigenvalue weighted by Gasteiger charge is 2.32. The molecule has 2 aromatic rings. The van der Waals surface area contributed by atoms with Crippen molar-refractivity contribution in [1.29, 1.82) is 0 Å². The molecule has 0 unspecified atom stereocenters. The van der Waals surface area contributed by atoms with Gasteiger partial charge in [-0.2, -0.15) is 0 Å². The van der Waals surface area contributed by atoms with E-state index >= 15 is 0 Å². The van der Waals surface area contributed by atoms with Crippen LogP contribution in [0.4, 0.5) is 0 Å². The molecular formula is C20H28N4O2. The second-order valence-corrected chi connectivity index (χ2v) is 8.24. The second-order valence-electron chi connectivity index (χ2n) is 8.24. The number of likely N-dealkylation sites (tertiary alicyclic amines) is 1. The van der Waals surface area contributed by atoms with Gasteiger partial charge >= 0.3 is 0 Å². The summed E-state index contributed by atoms with van der Waals surface area (Å²) >= 11 is 0. The number of piperidine rings is 1. The first-order valence-corrected chi connectivity index (χ1v) is 9.52. The highest BCUT2D eigenvalue weighted by Crippen LogP contribution is 2.37. The van der Waals surface area contributed by atoms with Gasteiger partial charge < -0.3 is 14.0 Å². The van der Waals surface area contributed by atoms with Gasteiger partial charge in [0.15, 0.2) is 11.5 Å². The molecule has 0 N–H and O–H groups in total. The predicted octanol–water partition coefficient (Wildman–Crippen LogP) is 3.43. The summed E-state index contributed by atoms with van der Waals surface area (Å²) in [6, 6.07) is 6.74. The Morgan fingerprint density at radius 3 is 2.92 bits per heavy atom. The first-order valence-electron chi connectivity index (χ1n) is 9.52. The van der Waals surface area contributed by atoms with Crippen LogP contribution < -0.4 is 9.47 Å². The topological polar surface area (TPSA) is 52.4 Å². The van der Waals surface area contributed by atoms with Gasteiger partial charge in [-0.3, -0.25) is 4.90 Å². The zero-order chi connectivity index (χ0) is 18.1. The first-order chi connectivity index (χ1) is 12.5. The number of aromatic nitrogens is 3. The molecule has 0 spiro atoms. The van der Waals surface area contributed by atoms with Gasteiger partial charge in [0.05, 0.1) is 6.54 Å². The number of ether oxygens (including phenoxy) is 2. The van der Waals surface area contributed by atoms with Crippen molar-refractivity contribution in [3.05, 3.63) is 35.9 Å². The molecule has 0 amide bonds. The molecule has 6 nitrogen and oxygen atoms in total. The lowest BCUT2D eigenvalue weighted by molar-refractivity contribution is 0.0935. The smallest absolute Gasteiger partial charge is 0.231 e. The third-order valence-corrected chi connectivity index (χ3v) is 5.50. The fourth-order valence-electron chi connectivity index (χ4n) is 4.26. The van der Waals surface area contributed by atoms with Crippen molar-refractivity contribution in [2.75, 3.05) is 19.9 Å². The summed E-state index contributed by atoms with van der Waals surface area (Å²) in [7, 11) is 0. The van der Waals surface area contributed by atoms with Gasteiger partial charge in [0.1, 0.15) is 12.2 Å². The van der Waals surface area contributed by atoms with E-state index in [1.165, 1.54) is 18.4 Å². The molecule has 0 saturated carbocycles.